The predicted octanol–water partition coefficient (Wildman–Crippen LogP) is 2.56. The molecule has 0 bridgehead atoms. The van der Waals surface area contributed by atoms with E-state index in [-0.39, 0.29) is 12.4 Å². The molecular weight excluding hydrogens is 226 g/mol. The maximum atomic E-state index is 10.3. The molecule has 94 valence electrons. The molecular formula is C12H22ClNO2. The number of carboxylic acids is 1. The zero-order valence-corrected chi connectivity index (χ0v) is 10.5. The molecule has 0 aromatic carbocycles. The zero-order valence-electron chi connectivity index (χ0n) is 9.73. The molecule has 0 saturated carbocycles. The van der Waals surface area contributed by atoms with Gasteiger partial charge in [0.1, 0.15) is 0 Å². The van der Waals surface area contributed by atoms with Gasteiger partial charge in [-0.15, -0.1) is 19.0 Å². The molecule has 1 fully saturated rings. The van der Waals surface area contributed by atoms with Crippen LogP contribution in [0, 0.1) is 5.92 Å². The number of unbranched alkanes of at least 4 members (excludes halogenated alkanes) is 1. The number of hydrogen-bond acceptors (Lipinski definition) is 2. The van der Waals surface area contributed by atoms with Crippen molar-refractivity contribution in [3.8, 4) is 0 Å². The summed E-state index contributed by atoms with van der Waals surface area (Å²) in [5.41, 5.74) is 0. The average Bonchev–Trinajstić information content (AvgIpc) is 2.25. The summed E-state index contributed by atoms with van der Waals surface area (Å²) in [6.45, 7) is 7.16. The normalized spacial score (nSPS) is 17.8. The molecule has 0 aliphatic carbocycles. The van der Waals surface area contributed by atoms with Gasteiger partial charge in [-0.25, -0.2) is 0 Å². The van der Waals surface area contributed by atoms with Crippen molar-refractivity contribution in [1.82, 2.24) is 4.90 Å². The summed E-state index contributed by atoms with van der Waals surface area (Å²) in [6, 6.07) is 0. The summed E-state index contributed by atoms with van der Waals surface area (Å²) >= 11 is 0. The van der Waals surface area contributed by atoms with Crippen LogP contribution in [0.2, 0.25) is 0 Å². The van der Waals surface area contributed by atoms with Gasteiger partial charge in [0.05, 0.1) is 0 Å². The number of allylic oxidation sites excluding steroid dienone is 1. The van der Waals surface area contributed by atoms with Crippen molar-refractivity contribution in [3.05, 3.63) is 12.7 Å². The van der Waals surface area contributed by atoms with Crippen LogP contribution in [0.4, 0.5) is 0 Å². The number of rotatable bonds is 6. The Morgan fingerprint density at radius 2 is 2.00 bits per heavy atom. The van der Waals surface area contributed by atoms with E-state index < -0.39 is 5.97 Å². The van der Waals surface area contributed by atoms with Crippen molar-refractivity contribution in [2.75, 3.05) is 19.6 Å². The molecule has 4 heteroatoms. The third-order valence-electron chi connectivity index (χ3n) is 3.08. The second-order valence-corrected chi connectivity index (χ2v) is 4.27. The van der Waals surface area contributed by atoms with Crippen molar-refractivity contribution in [3.63, 3.8) is 0 Å². The first-order chi connectivity index (χ1) is 7.22. The minimum absolute atomic E-state index is 0. The maximum Gasteiger partial charge on any atom is 0.303 e. The van der Waals surface area contributed by atoms with Gasteiger partial charge in [-0.2, -0.15) is 0 Å². The van der Waals surface area contributed by atoms with Gasteiger partial charge in [-0.3, -0.25) is 4.79 Å². The van der Waals surface area contributed by atoms with Crippen molar-refractivity contribution >= 4 is 18.4 Å². The minimum Gasteiger partial charge on any atom is -0.481 e. The Hall–Kier alpha value is -0.540. The molecule has 0 aromatic heterocycles. The molecule has 0 aromatic rings. The zero-order chi connectivity index (χ0) is 11.1. The molecule has 1 heterocycles. The Balaban J connectivity index is 0.00000225. The highest BCUT2D eigenvalue weighted by Crippen LogP contribution is 2.17. The summed E-state index contributed by atoms with van der Waals surface area (Å²) in [4.78, 5) is 12.7. The molecule has 3 nitrogen and oxygen atoms in total. The number of hydrogen-bond donors (Lipinski definition) is 1. The largest absolute Gasteiger partial charge is 0.481 e. The van der Waals surface area contributed by atoms with E-state index in [0.29, 0.717) is 12.3 Å². The lowest BCUT2D eigenvalue weighted by atomic mass is 9.97. The van der Waals surface area contributed by atoms with Crippen LogP contribution in [0.5, 0.6) is 0 Å². The number of carboxylic acid groups (broad SMARTS) is 1. The quantitative estimate of drug-likeness (QED) is 0.579. The molecule has 1 rings (SSSR count). The van der Waals surface area contributed by atoms with Crippen molar-refractivity contribution < 1.29 is 9.90 Å². The molecule has 0 atom stereocenters. The van der Waals surface area contributed by atoms with Crippen LogP contribution in [0.1, 0.15) is 32.1 Å². The van der Waals surface area contributed by atoms with Crippen LogP contribution in [0.25, 0.3) is 0 Å². The number of piperidine rings is 1. The molecule has 1 N–H and O–H groups in total. The van der Waals surface area contributed by atoms with Gasteiger partial charge in [-0.1, -0.05) is 6.08 Å². The summed E-state index contributed by atoms with van der Waals surface area (Å²) in [6.07, 6.45) is 6.59. The summed E-state index contributed by atoms with van der Waals surface area (Å²) in [5, 5.41) is 8.49. The van der Waals surface area contributed by atoms with Crippen LogP contribution >= 0.6 is 12.4 Å². The number of likely N-dealkylation sites (tertiary alicyclic amines) is 1. The third-order valence-corrected chi connectivity index (χ3v) is 3.08. The Bertz CT molecular complexity index is 213. The molecule has 1 aliphatic heterocycles. The first-order valence-corrected chi connectivity index (χ1v) is 5.79. The Morgan fingerprint density at radius 1 is 1.38 bits per heavy atom. The van der Waals surface area contributed by atoms with E-state index in [2.05, 4.69) is 17.6 Å². The van der Waals surface area contributed by atoms with Crippen LogP contribution in [0.15, 0.2) is 12.7 Å². The molecule has 16 heavy (non-hydrogen) atoms. The first kappa shape index (κ1) is 15.5. The first-order valence-electron chi connectivity index (χ1n) is 5.79. The van der Waals surface area contributed by atoms with Crippen molar-refractivity contribution in [1.29, 1.82) is 0 Å². The van der Waals surface area contributed by atoms with E-state index in [4.69, 9.17) is 5.11 Å². The van der Waals surface area contributed by atoms with E-state index in [0.717, 1.165) is 32.5 Å². The smallest absolute Gasteiger partial charge is 0.303 e. The third kappa shape index (κ3) is 6.13. The monoisotopic (exact) mass is 247 g/mol. The lowest BCUT2D eigenvalue weighted by Gasteiger charge is -2.30. The van der Waals surface area contributed by atoms with Gasteiger partial charge >= 0.3 is 5.97 Å². The van der Waals surface area contributed by atoms with Crippen LogP contribution in [-0.2, 0) is 4.79 Å². The van der Waals surface area contributed by atoms with Crippen molar-refractivity contribution in [2.45, 2.75) is 32.1 Å². The lowest BCUT2D eigenvalue weighted by molar-refractivity contribution is -0.137. The standard InChI is InChI=1S/C12H21NO2.ClH/c1-2-11-6-9-13(10-7-11)8-4-3-5-12(14)15;/h2,11H,1,3-10H2,(H,14,15);1H. The fourth-order valence-corrected chi connectivity index (χ4v) is 2.02. The van der Waals surface area contributed by atoms with E-state index in [1.807, 2.05) is 0 Å². The van der Waals surface area contributed by atoms with E-state index >= 15 is 0 Å². The molecule has 0 unspecified atom stereocenters. The number of halogens is 1. The summed E-state index contributed by atoms with van der Waals surface area (Å²) < 4.78 is 0. The van der Waals surface area contributed by atoms with Crippen LogP contribution in [-0.4, -0.2) is 35.6 Å². The second kappa shape index (κ2) is 8.59. The van der Waals surface area contributed by atoms with Gasteiger partial charge in [0.25, 0.3) is 0 Å². The molecule has 1 saturated heterocycles. The number of aliphatic carboxylic acids is 1. The molecule has 0 spiro atoms. The van der Waals surface area contributed by atoms with Crippen LogP contribution < -0.4 is 0 Å². The Kier molecular flexibility index (Phi) is 8.30. The highest BCUT2D eigenvalue weighted by atomic mass is 35.5. The average molecular weight is 248 g/mol. The predicted molar refractivity (Wildman–Crippen MR) is 68.1 cm³/mol. The SMILES string of the molecule is C=CC1CCN(CCCCC(=O)O)CC1.Cl. The maximum absolute atomic E-state index is 10.3. The summed E-state index contributed by atoms with van der Waals surface area (Å²) in [7, 11) is 0. The number of carbonyl (C=O) groups is 1. The van der Waals surface area contributed by atoms with Gasteiger partial charge in [0, 0.05) is 6.42 Å². The fourth-order valence-electron chi connectivity index (χ4n) is 2.02. The van der Waals surface area contributed by atoms with Gasteiger partial charge in [0.2, 0.25) is 0 Å². The Labute approximate surface area is 104 Å². The second-order valence-electron chi connectivity index (χ2n) is 4.27. The highest BCUT2D eigenvalue weighted by Gasteiger charge is 2.15. The highest BCUT2D eigenvalue weighted by molar-refractivity contribution is 5.85. The van der Waals surface area contributed by atoms with E-state index in [1.54, 1.807) is 0 Å². The minimum atomic E-state index is -0.680. The fraction of sp³-hybridized carbons (Fsp3) is 0.750. The van der Waals surface area contributed by atoms with E-state index in [9.17, 15) is 4.79 Å². The Morgan fingerprint density at radius 3 is 2.50 bits per heavy atom. The van der Waals surface area contributed by atoms with Gasteiger partial charge < -0.3 is 10.0 Å². The lowest BCUT2D eigenvalue weighted by Crippen LogP contribution is -2.33. The molecule has 0 radical (unpaired) electrons. The van der Waals surface area contributed by atoms with Crippen LogP contribution in [0.3, 0.4) is 0 Å². The van der Waals surface area contributed by atoms with Gasteiger partial charge in [-0.05, 0) is 51.2 Å². The van der Waals surface area contributed by atoms with Crippen molar-refractivity contribution in [2.24, 2.45) is 5.92 Å². The molecule has 1 aliphatic rings. The topological polar surface area (TPSA) is 40.5 Å². The van der Waals surface area contributed by atoms with Gasteiger partial charge in [0.15, 0.2) is 0 Å². The number of nitrogens with zero attached hydrogens (tertiary/aromatic N) is 1. The summed E-state index contributed by atoms with van der Waals surface area (Å²) in [5.74, 6) is 0.0145. The van der Waals surface area contributed by atoms with E-state index in [1.165, 1.54) is 12.8 Å². The molecule has 0 amide bonds.